The molecular weight excluding hydrogens is 240 g/mol. The third kappa shape index (κ3) is 3.90. The van der Waals surface area contributed by atoms with Crippen LogP contribution in [-0.2, 0) is 4.79 Å². The molecule has 0 aliphatic heterocycles. The van der Waals surface area contributed by atoms with Gasteiger partial charge in [0, 0.05) is 0 Å². The first kappa shape index (κ1) is 15.9. The van der Waals surface area contributed by atoms with E-state index in [2.05, 4.69) is 37.3 Å². The van der Waals surface area contributed by atoms with E-state index in [1.807, 2.05) is 6.92 Å². The molecule has 1 N–H and O–H groups in total. The minimum absolute atomic E-state index is 0.171. The van der Waals surface area contributed by atoms with Crippen LogP contribution in [0.5, 0.6) is 0 Å². The predicted molar refractivity (Wildman–Crippen MR) is 76.1 cm³/mol. The van der Waals surface area contributed by atoms with Crippen molar-refractivity contribution >= 4 is 11.8 Å². The van der Waals surface area contributed by atoms with Gasteiger partial charge in [-0.3, -0.25) is 0 Å². The van der Waals surface area contributed by atoms with Crippen LogP contribution < -0.4 is 0 Å². The SMILES string of the molecule is CCCC(=NO)C(N=C=O)C1(C)C[CH]CC(C)(C)C1. The number of hydrogen-bond donors (Lipinski definition) is 1. The van der Waals surface area contributed by atoms with E-state index in [4.69, 9.17) is 0 Å². The van der Waals surface area contributed by atoms with Gasteiger partial charge in [-0.15, -0.1) is 0 Å². The molecule has 0 amide bonds. The lowest BCUT2D eigenvalue weighted by Crippen LogP contribution is -2.43. The maximum Gasteiger partial charge on any atom is 0.235 e. The van der Waals surface area contributed by atoms with Gasteiger partial charge in [0.2, 0.25) is 6.08 Å². The molecule has 1 saturated carbocycles. The molecule has 0 heterocycles. The lowest BCUT2D eigenvalue weighted by atomic mass is 9.60. The Balaban J connectivity index is 3.06. The van der Waals surface area contributed by atoms with Gasteiger partial charge in [-0.25, -0.2) is 4.79 Å². The average Bonchev–Trinajstić information content (AvgIpc) is 2.32. The molecule has 2 atom stereocenters. The summed E-state index contributed by atoms with van der Waals surface area (Å²) in [6.07, 6.45) is 8.35. The summed E-state index contributed by atoms with van der Waals surface area (Å²) in [5, 5.41) is 12.6. The summed E-state index contributed by atoms with van der Waals surface area (Å²) in [6, 6.07) is -0.370. The Bertz CT molecular complexity index is 384. The summed E-state index contributed by atoms with van der Waals surface area (Å²) in [6.45, 7) is 8.58. The van der Waals surface area contributed by atoms with Gasteiger partial charge < -0.3 is 5.21 Å². The van der Waals surface area contributed by atoms with Crippen LogP contribution in [0.1, 0.15) is 59.8 Å². The number of aliphatic imine (C=N–C) groups is 1. The maximum absolute atomic E-state index is 10.7. The lowest BCUT2D eigenvalue weighted by molar-refractivity contribution is 0.123. The molecule has 0 bridgehead atoms. The molecule has 1 radical (unpaired) electrons. The molecule has 0 aromatic carbocycles. The van der Waals surface area contributed by atoms with Crippen molar-refractivity contribution in [3.63, 3.8) is 0 Å². The summed E-state index contributed by atoms with van der Waals surface area (Å²) in [5.74, 6) is 0. The first-order valence-corrected chi connectivity index (χ1v) is 6.98. The van der Waals surface area contributed by atoms with Gasteiger partial charge in [-0.1, -0.05) is 39.3 Å². The van der Waals surface area contributed by atoms with E-state index in [0.29, 0.717) is 12.1 Å². The predicted octanol–water partition coefficient (Wildman–Crippen LogP) is 3.74. The summed E-state index contributed by atoms with van der Waals surface area (Å²) >= 11 is 0. The Morgan fingerprint density at radius 1 is 1.42 bits per heavy atom. The average molecular weight is 265 g/mol. The Labute approximate surface area is 116 Å². The van der Waals surface area contributed by atoms with Crippen molar-refractivity contribution in [1.29, 1.82) is 0 Å². The molecule has 2 unspecified atom stereocenters. The first-order valence-electron chi connectivity index (χ1n) is 6.98. The fourth-order valence-corrected chi connectivity index (χ4v) is 3.42. The molecule has 4 heteroatoms. The molecule has 1 fully saturated rings. The number of isocyanates is 1. The van der Waals surface area contributed by atoms with Crippen LogP contribution in [-0.4, -0.2) is 23.0 Å². The van der Waals surface area contributed by atoms with Crippen molar-refractivity contribution in [1.82, 2.24) is 0 Å². The first-order chi connectivity index (χ1) is 8.88. The van der Waals surface area contributed by atoms with Crippen molar-refractivity contribution in [2.75, 3.05) is 0 Å². The second-order valence-electron chi connectivity index (χ2n) is 6.66. The number of rotatable bonds is 5. The van der Waals surface area contributed by atoms with Crippen LogP contribution in [0.4, 0.5) is 0 Å². The van der Waals surface area contributed by atoms with Crippen LogP contribution in [0.25, 0.3) is 0 Å². The van der Waals surface area contributed by atoms with Gasteiger partial charge in [0.25, 0.3) is 0 Å². The van der Waals surface area contributed by atoms with E-state index in [-0.39, 0.29) is 16.9 Å². The monoisotopic (exact) mass is 265 g/mol. The number of hydrogen-bond acceptors (Lipinski definition) is 4. The lowest BCUT2D eigenvalue weighted by Gasteiger charge is -2.45. The minimum atomic E-state index is -0.370. The number of nitrogens with zero attached hydrogens (tertiary/aromatic N) is 2. The number of carbonyl (C=O) groups excluding carboxylic acids is 1. The van der Waals surface area contributed by atoms with E-state index in [1.54, 1.807) is 6.08 Å². The quantitative estimate of drug-likeness (QED) is 0.356. The van der Waals surface area contributed by atoms with Crippen molar-refractivity contribution < 1.29 is 10.0 Å². The molecule has 0 aromatic rings. The van der Waals surface area contributed by atoms with E-state index < -0.39 is 0 Å². The molecule has 1 aliphatic carbocycles. The molecule has 4 nitrogen and oxygen atoms in total. The maximum atomic E-state index is 10.7. The van der Waals surface area contributed by atoms with Crippen molar-refractivity contribution in [2.45, 2.75) is 65.8 Å². The van der Waals surface area contributed by atoms with Crippen LogP contribution in [0, 0.1) is 17.3 Å². The standard InChI is InChI=1S/C15H25N2O2/c1-5-7-12(17-19)13(16-11-18)15(4)9-6-8-14(2,3)10-15/h6,13,19H,5,7-10H2,1-4H3. The topological polar surface area (TPSA) is 62.0 Å². The zero-order valence-electron chi connectivity index (χ0n) is 12.4. The van der Waals surface area contributed by atoms with Gasteiger partial charge >= 0.3 is 0 Å². The Kier molecular flexibility index (Phi) is 5.30. The Morgan fingerprint density at radius 3 is 2.58 bits per heavy atom. The third-order valence-electron chi connectivity index (χ3n) is 3.98. The molecule has 0 aromatic heterocycles. The third-order valence-corrected chi connectivity index (χ3v) is 3.98. The second-order valence-corrected chi connectivity index (χ2v) is 6.66. The zero-order chi connectivity index (χ0) is 14.5. The van der Waals surface area contributed by atoms with Gasteiger partial charge in [0.1, 0.15) is 6.04 Å². The smallest absolute Gasteiger partial charge is 0.235 e. The normalized spacial score (nSPS) is 28.5. The zero-order valence-corrected chi connectivity index (χ0v) is 12.4. The van der Waals surface area contributed by atoms with Gasteiger partial charge in [-0.2, -0.15) is 4.99 Å². The highest BCUT2D eigenvalue weighted by atomic mass is 16.4. The Morgan fingerprint density at radius 2 is 2.11 bits per heavy atom. The molecule has 107 valence electrons. The minimum Gasteiger partial charge on any atom is -0.411 e. The highest BCUT2D eigenvalue weighted by Gasteiger charge is 2.44. The molecule has 1 rings (SSSR count). The molecule has 19 heavy (non-hydrogen) atoms. The molecule has 0 spiro atoms. The summed E-state index contributed by atoms with van der Waals surface area (Å²) in [5.41, 5.74) is 0.617. The van der Waals surface area contributed by atoms with E-state index in [1.165, 1.54) is 0 Å². The molecular formula is C15H25N2O2. The highest BCUT2D eigenvalue weighted by molar-refractivity contribution is 5.90. The van der Waals surface area contributed by atoms with Gasteiger partial charge in [0.15, 0.2) is 0 Å². The highest BCUT2D eigenvalue weighted by Crippen LogP contribution is 2.48. The second kappa shape index (κ2) is 6.33. The Hall–Kier alpha value is -1.15. The van der Waals surface area contributed by atoms with E-state index >= 15 is 0 Å². The number of oxime groups is 1. The fourth-order valence-electron chi connectivity index (χ4n) is 3.42. The van der Waals surface area contributed by atoms with Crippen molar-refractivity contribution in [3.8, 4) is 0 Å². The van der Waals surface area contributed by atoms with E-state index in [0.717, 1.165) is 25.7 Å². The largest absolute Gasteiger partial charge is 0.411 e. The van der Waals surface area contributed by atoms with Gasteiger partial charge in [-0.05, 0) is 42.9 Å². The van der Waals surface area contributed by atoms with Crippen LogP contribution in [0.2, 0.25) is 0 Å². The van der Waals surface area contributed by atoms with Crippen LogP contribution >= 0.6 is 0 Å². The van der Waals surface area contributed by atoms with Gasteiger partial charge in [0.05, 0.1) is 5.71 Å². The summed E-state index contributed by atoms with van der Waals surface area (Å²) < 4.78 is 0. The molecule has 1 aliphatic rings. The summed E-state index contributed by atoms with van der Waals surface area (Å²) in [4.78, 5) is 14.7. The van der Waals surface area contributed by atoms with Crippen LogP contribution in [0.15, 0.2) is 10.1 Å². The van der Waals surface area contributed by atoms with Crippen molar-refractivity contribution in [3.05, 3.63) is 6.42 Å². The fraction of sp³-hybridized carbons (Fsp3) is 0.800. The van der Waals surface area contributed by atoms with Crippen molar-refractivity contribution in [2.24, 2.45) is 21.0 Å². The van der Waals surface area contributed by atoms with E-state index in [9.17, 15) is 10.0 Å². The summed E-state index contributed by atoms with van der Waals surface area (Å²) in [7, 11) is 0. The van der Waals surface area contributed by atoms with Crippen LogP contribution in [0.3, 0.4) is 0 Å². The molecule has 0 saturated heterocycles.